The lowest BCUT2D eigenvalue weighted by Gasteiger charge is -2.15. The van der Waals surface area contributed by atoms with Crippen LogP contribution in [0.1, 0.15) is 61.4 Å². The Morgan fingerprint density at radius 3 is 2.28 bits per heavy atom. The van der Waals surface area contributed by atoms with Crippen molar-refractivity contribution in [2.24, 2.45) is 0 Å². The Kier molecular flexibility index (Phi) is 5.99. The zero-order chi connectivity index (χ0) is 17.5. The molecule has 1 amide bonds. The van der Waals surface area contributed by atoms with Crippen LogP contribution in [0, 0.1) is 0 Å². The van der Waals surface area contributed by atoms with Gasteiger partial charge in [-0.3, -0.25) is 4.79 Å². The number of aromatic nitrogens is 2. The van der Waals surface area contributed by atoms with E-state index in [0.717, 1.165) is 12.1 Å². The summed E-state index contributed by atoms with van der Waals surface area (Å²) in [6, 6.07) is 8.32. The number of hydrogen-bond donors (Lipinski definition) is 2. The minimum Gasteiger partial charge on any atom is -0.351 e. The van der Waals surface area contributed by atoms with Crippen molar-refractivity contribution in [1.29, 1.82) is 0 Å². The Morgan fingerprint density at radius 2 is 1.68 bits per heavy atom. The van der Waals surface area contributed by atoms with Gasteiger partial charge in [0.25, 0.3) is 5.91 Å². The number of rotatable bonds is 5. The van der Waals surface area contributed by atoms with Crippen LogP contribution in [0.4, 0.5) is 11.6 Å². The molecule has 25 heavy (non-hydrogen) atoms. The van der Waals surface area contributed by atoms with E-state index in [1.807, 2.05) is 24.3 Å². The third-order valence-electron chi connectivity index (χ3n) is 4.72. The van der Waals surface area contributed by atoms with Gasteiger partial charge in [-0.05, 0) is 37.0 Å². The minimum absolute atomic E-state index is 0.190. The van der Waals surface area contributed by atoms with Crippen LogP contribution in [0.2, 0.25) is 0 Å². The minimum atomic E-state index is -0.190. The third kappa shape index (κ3) is 5.02. The highest BCUT2D eigenvalue weighted by Crippen LogP contribution is 2.19. The van der Waals surface area contributed by atoms with E-state index in [1.54, 1.807) is 12.4 Å². The van der Waals surface area contributed by atoms with Gasteiger partial charge >= 0.3 is 0 Å². The third-order valence-corrected chi connectivity index (χ3v) is 4.72. The SMILES string of the molecule is CCc1ccc(NC(=O)c2cnc(NC3CCCCCC3)nc2)cc1. The summed E-state index contributed by atoms with van der Waals surface area (Å²) in [4.78, 5) is 20.9. The lowest BCUT2D eigenvalue weighted by molar-refractivity contribution is 0.102. The lowest BCUT2D eigenvalue weighted by Crippen LogP contribution is -2.20. The molecule has 2 aromatic rings. The van der Waals surface area contributed by atoms with Gasteiger partial charge in [-0.25, -0.2) is 9.97 Å². The number of aryl methyl sites for hydroxylation is 1. The quantitative estimate of drug-likeness (QED) is 0.792. The van der Waals surface area contributed by atoms with E-state index >= 15 is 0 Å². The molecule has 5 nitrogen and oxygen atoms in total. The molecule has 1 aromatic heterocycles. The van der Waals surface area contributed by atoms with Gasteiger partial charge in [0, 0.05) is 24.1 Å². The summed E-state index contributed by atoms with van der Waals surface area (Å²) in [6.07, 6.45) is 11.6. The fourth-order valence-corrected chi connectivity index (χ4v) is 3.15. The Bertz CT molecular complexity index is 674. The lowest BCUT2D eigenvalue weighted by atomic mass is 10.1. The van der Waals surface area contributed by atoms with Crippen molar-refractivity contribution in [1.82, 2.24) is 9.97 Å². The maximum atomic E-state index is 12.3. The predicted octanol–water partition coefficient (Wildman–Crippen LogP) is 4.43. The van der Waals surface area contributed by atoms with Crippen molar-refractivity contribution in [3.8, 4) is 0 Å². The van der Waals surface area contributed by atoms with Crippen LogP contribution >= 0.6 is 0 Å². The molecule has 5 heteroatoms. The first kappa shape index (κ1) is 17.4. The molecular weight excluding hydrogens is 312 g/mol. The summed E-state index contributed by atoms with van der Waals surface area (Å²) in [5.41, 5.74) is 2.49. The molecule has 1 aliphatic rings. The fourth-order valence-electron chi connectivity index (χ4n) is 3.15. The van der Waals surface area contributed by atoms with Gasteiger partial charge < -0.3 is 10.6 Å². The normalized spacial score (nSPS) is 15.4. The fraction of sp³-hybridized carbons (Fsp3) is 0.450. The van der Waals surface area contributed by atoms with Crippen molar-refractivity contribution in [2.45, 2.75) is 57.9 Å². The summed E-state index contributed by atoms with van der Waals surface area (Å²) < 4.78 is 0. The standard InChI is InChI=1S/C20H26N4O/c1-2-15-9-11-18(12-10-15)23-19(25)16-13-21-20(22-14-16)24-17-7-5-3-4-6-8-17/h9-14,17H,2-8H2,1H3,(H,23,25)(H,21,22,24). The molecular formula is C20H26N4O. The molecule has 2 N–H and O–H groups in total. The highest BCUT2D eigenvalue weighted by atomic mass is 16.1. The number of nitrogens with one attached hydrogen (secondary N) is 2. The first-order chi connectivity index (χ1) is 12.2. The average molecular weight is 338 g/mol. The molecule has 1 heterocycles. The van der Waals surface area contributed by atoms with Crippen LogP contribution in [0.5, 0.6) is 0 Å². The van der Waals surface area contributed by atoms with Gasteiger partial charge in [-0.15, -0.1) is 0 Å². The number of carbonyl (C=O) groups excluding carboxylic acids is 1. The summed E-state index contributed by atoms with van der Waals surface area (Å²) >= 11 is 0. The van der Waals surface area contributed by atoms with Gasteiger partial charge in [-0.2, -0.15) is 0 Å². The molecule has 0 radical (unpaired) electrons. The molecule has 0 bridgehead atoms. The van der Waals surface area contributed by atoms with Crippen molar-refractivity contribution >= 4 is 17.5 Å². The van der Waals surface area contributed by atoms with E-state index in [9.17, 15) is 4.79 Å². The van der Waals surface area contributed by atoms with Gasteiger partial charge in [0.15, 0.2) is 0 Å². The van der Waals surface area contributed by atoms with E-state index in [0.29, 0.717) is 17.6 Å². The second-order valence-corrected chi connectivity index (χ2v) is 6.63. The number of nitrogens with zero attached hydrogens (tertiary/aromatic N) is 2. The molecule has 3 rings (SSSR count). The Morgan fingerprint density at radius 1 is 1.04 bits per heavy atom. The first-order valence-electron chi connectivity index (χ1n) is 9.23. The van der Waals surface area contributed by atoms with Crippen LogP contribution in [-0.2, 0) is 6.42 Å². The van der Waals surface area contributed by atoms with Crippen molar-refractivity contribution < 1.29 is 4.79 Å². The smallest absolute Gasteiger partial charge is 0.258 e. The largest absolute Gasteiger partial charge is 0.351 e. The second kappa shape index (κ2) is 8.60. The average Bonchev–Trinajstić information content (AvgIpc) is 2.91. The zero-order valence-corrected chi connectivity index (χ0v) is 14.8. The predicted molar refractivity (Wildman–Crippen MR) is 101 cm³/mol. The van der Waals surface area contributed by atoms with Crippen molar-refractivity contribution in [2.75, 3.05) is 10.6 Å². The monoisotopic (exact) mass is 338 g/mol. The molecule has 0 saturated heterocycles. The highest BCUT2D eigenvalue weighted by molar-refractivity contribution is 6.03. The molecule has 1 aliphatic carbocycles. The molecule has 0 atom stereocenters. The number of amides is 1. The Balaban J connectivity index is 1.57. The van der Waals surface area contributed by atoms with Crippen LogP contribution in [0.15, 0.2) is 36.7 Å². The number of benzene rings is 1. The molecule has 0 aliphatic heterocycles. The molecule has 1 saturated carbocycles. The van der Waals surface area contributed by atoms with E-state index in [-0.39, 0.29) is 5.91 Å². The molecule has 1 aromatic carbocycles. The second-order valence-electron chi connectivity index (χ2n) is 6.63. The van der Waals surface area contributed by atoms with Gasteiger partial charge in [0.1, 0.15) is 0 Å². The summed E-state index contributed by atoms with van der Waals surface area (Å²) in [5.74, 6) is 0.418. The summed E-state index contributed by atoms with van der Waals surface area (Å²) in [7, 11) is 0. The van der Waals surface area contributed by atoms with Crippen LogP contribution in [-0.4, -0.2) is 21.9 Å². The molecule has 132 valence electrons. The highest BCUT2D eigenvalue weighted by Gasteiger charge is 2.14. The molecule has 0 spiro atoms. The van der Waals surface area contributed by atoms with Gasteiger partial charge in [0.05, 0.1) is 5.56 Å². The van der Waals surface area contributed by atoms with Crippen LogP contribution < -0.4 is 10.6 Å². The topological polar surface area (TPSA) is 66.9 Å². The number of anilines is 2. The van der Waals surface area contributed by atoms with Crippen LogP contribution in [0.3, 0.4) is 0 Å². The maximum Gasteiger partial charge on any atom is 0.258 e. The zero-order valence-electron chi connectivity index (χ0n) is 14.8. The Labute approximate surface area is 149 Å². The maximum absolute atomic E-state index is 12.3. The first-order valence-corrected chi connectivity index (χ1v) is 9.23. The van der Waals surface area contributed by atoms with Gasteiger partial charge in [-0.1, -0.05) is 44.7 Å². The van der Waals surface area contributed by atoms with E-state index in [2.05, 4.69) is 27.5 Å². The number of hydrogen-bond acceptors (Lipinski definition) is 4. The van der Waals surface area contributed by atoms with E-state index < -0.39 is 0 Å². The van der Waals surface area contributed by atoms with Crippen LogP contribution in [0.25, 0.3) is 0 Å². The summed E-state index contributed by atoms with van der Waals surface area (Å²) in [5, 5.41) is 6.27. The van der Waals surface area contributed by atoms with Gasteiger partial charge in [0.2, 0.25) is 5.95 Å². The molecule has 1 fully saturated rings. The molecule has 0 unspecified atom stereocenters. The summed E-state index contributed by atoms with van der Waals surface area (Å²) in [6.45, 7) is 2.11. The van der Waals surface area contributed by atoms with E-state index in [1.165, 1.54) is 44.1 Å². The van der Waals surface area contributed by atoms with E-state index in [4.69, 9.17) is 0 Å². The van der Waals surface area contributed by atoms with Crippen molar-refractivity contribution in [3.63, 3.8) is 0 Å². The Hall–Kier alpha value is -2.43. The number of carbonyl (C=O) groups is 1. The van der Waals surface area contributed by atoms with Crippen molar-refractivity contribution in [3.05, 3.63) is 47.8 Å².